The Morgan fingerprint density at radius 1 is 1.53 bits per heavy atom. The second-order valence-corrected chi connectivity index (χ2v) is 3.43. The summed E-state index contributed by atoms with van der Waals surface area (Å²) in [6.07, 6.45) is 6.41. The molecule has 0 saturated carbocycles. The van der Waals surface area contributed by atoms with E-state index in [0.29, 0.717) is 26.0 Å². The van der Waals surface area contributed by atoms with Crippen molar-refractivity contribution in [3.63, 3.8) is 0 Å². The van der Waals surface area contributed by atoms with Crippen molar-refractivity contribution < 1.29 is 14.3 Å². The lowest BCUT2D eigenvalue weighted by molar-refractivity contribution is -0.126. The second-order valence-electron chi connectivity index (χ2n) is 3.43. The molecule has 1 fully saturated rings. The van der Waals surface area contributed by atoms with E-state index in [2.05, 4.69) is 0 Å². The molecule has 0 bridgehead atoms. The average Bonchev–Trinajstić information content (AvgIpc) is 2.64. The molecule has 1 aliphatic heterocycles. The minimum absolute atomic E-state index is 0.121. The highest BCUT2D eigenvalue weighted by atomic mass is 16.6. The van der Waals surface area contributed by atoms with Gasteiger partial charge in [0.25, 0.3) is 0 Å². The Kier molecular flexibility index (Phi) is 4.87. The second kappa shape index (κ2) is 6.22. The molecule has 0 aromatic carbocycles. The first-order valence-electron chi connectivity index (χ1n) is 5.37. The molecule has 0 unspecified atom stereocenters. The van der Waals surface area contributed by atoms with Crippen molar-refractivity contribution in [2.45, 2.75) is 32.6 Å². The summed E-state index contributed by atoms with van der Waals surface area (Å²) in [5, 5.41) is 0. The molecule has 0 radical (unpaired) electrons. The summed E-state index contributed by atoms with van der Waals surface area (Å²) in [5.74, 6) is -0.121. The molecule has 1 saturated heterocycles. The van der Waals surface area contributed by atoms with Gasteiger partial charge in [0.1, 0.15) is 0 Å². The van der Waals surface area contributed by atoms with Crippen LogP contribution in [0.1, 0.15) is 32.6 Å². The maximum atomic E-state index is 11.3. The summed E-state index contributed by atoms with van der Waals surface area (Å²) in [7, 11) is 0. The average molecular weight is 211 g/mol. The number of imide groups is 1. The van der Waals surface area contributed by atoms with Gasteiger partial charge in [-0.15, -0.1) is 0 Å². The summed E-state index contributed by atoms with van der Waals surface area (Å²) in [6.45, 7) is 2.90. The molecule has 0 spiro atoms. The van der Waals surface area contributed by atoms with E-state index in [-0.39, 0.29) is 5.91 Å². The molecule has 4 heteroatoms. The minimum atomic E-state index is -0.498. The number of ether oxygens (including phenoxy) is 1. The third-order valence-electron chi connectivity index (χ3n) is 2.21. The van der Waals surface area contributed by atoms with Crippen molar-refractivity contribution in [1.82, 2.24) is 4.90 Å². The van der Waals surface area contributed by atoms with E-state index in [4.69, 9.17) is 4.74 Å². The largest absolute Gasteiger partial charge is 0.449 e. The van der Waals surface area contributed by atoms with E-state index in [1.165, 1.54) is 4.90 Å². The molecule has 0 aromatic heterocycles. The lowest BCUT2D eigenvalue weighted by Gasteiger charge is -2.12. The maximum Gasteiger partial charge on any atom is 0.416 e. The SMILES string of the molecule is CCC=CCCOC(=O)N1CCCC1=O. The minimum Gasteiger partial charge on any atom is -0.449 e. The van der Waals surface area contributed by atoms with E-state index < -0.39 is 6.09 Å². The van der Waals surface area contributed by atoms with Gasteiger partial charge in [-0.1, -0.05) is 19.1 Å². The third kappa shape index (κ3) is 3.73. The van der Waals surface area contributed by atoms with E-state index in [0.717, 1.165) is 12.8 Å². The van der Waals surface area contributed by atoms with Crippen LogP contribution in [0.25, 0.3) is 0 Å². The van der Waals surface area contributed by atoms with Crippen molar-refractivity contribution in [3.05, 3.63) is 12.2 Å². The fraction of sp³-hybridized carbons (Fsp3) is 0.636. The van der Waals surface area contributed by atoms with Gasteiger partial charge in [-0.3, -0.25) is 4.79 Å². The predicted octanol–water partition coefficient (Wildman–Crippen LogP) is 2.10. The van der Waals surface area contributed by atoms with Crippen LogP contribution in [0.4, 0.5) is 4.79 Å². The summed E-state index contributed by atoms with van der Waals surface area (Å²) in [4.78, 5) is 23.7. The molecule has 1 aliphatic rings. The number of carbonyl (C=O) groups excluding carboxylic acids is 2. The van der Waals surface area contributed by atoms with Crippen molar-refractivity contribution in [2.24, 2.45) is 0 Å². The zero-order valence-corrected chi connectivity index (χ0v) is 9.07. The molecule has 84 valence electrons. The van der Waals surface area contributed by atoms with Crippen LogP contribution in [0, 0.1) is 0 Å². The number of nitrogens with zero attached hydrogens (tertiary/aromatic N) is 1. The molecule has 4 nitrogen and oxygen atoms in total. The fourth-order valence-corrected chi connectivity index (χ4v) is 1.42. The van der Waals surface area contributed by atoms with Crippen LogP contribution in [0.2, 0.25) is 0 Å². The first-order valence-corrected chi connectivity index (χ1v) is 5.37. The topological polar surface area (TPSA) is 46.6 Å². The Labute approximate surface area is 89.9 Å². The number of likely N-dealkylation sites (tertiary alicyclic amines) is 1. The highest BCUT2D eigenvalue weighted by molar-refractivity contribution is 5.93. The van der Waals surface area contributed by atoms with Gasteiger partial charge in [-0.05, 0) is 19.3 Å². The van der Waals surface area contributed by atoms with Crippen molar-refractivity contribution >= 4 is 12.0 Å². The van der Waals surface area contributed by atoms with Gasteiger partial charge in [0, 0.05) is 13.0 Å². The van der Waals surface area contributed by atoms with Gasteiger partial charge in [0.2, 0.25) is 5.91 Å². The lowest BCUT2D eigenvalue weighted by atomic mass is 10.3. The zero-order valence-electron chi connectivity index (χ0n) is 9.07. The van der Waals surface area contributed by atoms with Crippen LogP contribution < -0.4 is 0 Å². The molecule has 0 aromatic rings. The molecule has 1 rings (SSSR count). The Morgan fingerprint density at radius 3 is 2.93 bits per heavy atom. The summed E-state index contributed by atoms with van der Waals surface area (Å²) in [5.41, 5.74) is 0. The Balaban J connectivity index is 2.18. The van der Waals surface area contributed by atoms with Gasteiger partial charge in [0.15, 0.2) is 0 Å². The molecule has 15 heavy (non-hydrogen) atoms. The molecule has 0 aliphatic carbocycles. The normalized spacial score (nSPS) is 16.3. The van der Waals surface area contributed by atoms with Gasteiger partial charge in [-0.25, -0.2) is 9.69 Å². The molecule has 1 heterocycles. The molecule has 2 amide bonds. The maximum absolute atomic E-state index is 11.3. The lowest BCUT2D eigenvalue weighted by Crippen LogP contribution is -2.32. The monoisotopic (exact) mass is 211 g/mol. The van der Waals surface area contributed by atoms with Gasteiger partial charge < -0.3 is 4.74 Å². The van der Waals surface area contributed by atoms with Crippen LogP contribution in [0.15, 0.2) is 12.2 Å². The van der Waals surface area contributed by atoms with Crippen LogP contribution in [-0.4, -0.2) is 30.1 Å². The molecular formula is C11H17NO3. The highest BCUT2D eigenvalue weighted by Crippen LogP contribution is 2.10. The smallest absolute Gasteiger partial charge is 0.416 e. The van der Waals surface area contributed by atoms with Gasteiger partial charge in [-0.2, -0.15) is 0 Å². The fourth-order valence-electron chi connectivity index (χ4n) is 1.42. The third-order valence-corrected chi connectivity index (χ3v) is 2.21. The molecule has 0 N–H and O–H groups in total. The number of rotatable bonds is 4. The highest BCUT2D eigenvalue weighted by Gasteiger charge is 2.27. The first kappa shape index (κ1) is 11.8. The van der Waals surface area contributed by atoms with Gasteiger partial charge >= 0.3 is 6.09 Å². The molecule has 0 atom stereocenters. The van der Waals surface area contributed by atoms with E-state index >= 15 is 0 Å². The van der Waals surface area contributed by atoms with E-state index in [1.54, 1.807) is 0 Å². The summed E-state index contributed by atoms with van der Waals surface area (Å²) in [6, 6.07) is 0. The standard InChI is InChI=1S/C11H17NO3/c1-2-3-4-5-9-15-11(14)12-8-6-7-10(12)13/h3-4H,2,5-9H2,1H3. The van der Waals surface area contributed by atoms with Crippen LogP contribution in [-0.2, 0) is 9.53 Å². The van der Waals surface area contributed by atoms with Crippen molar-refractivity contribution in [2.75, 3.05) is 13.2 Å². The predicted molar refractivity (Wildman–Crippen MR) is 56.3 cm³/mol. The van der Waals surface area contributed by atoms with Gasteiger partial charge in [0.05, 0.1) is 6.61 Å². The van der Waals surface area contributed by atoms with Crippen LogP contribution in [0.3, 0.4) is 0 Å². The van der Waals surface area contributed by atoms with Crippen molar-refractivity contribution in [1.29, 1.82) is 0 Å². The molecular weight excluding hydrogens is 194 g/mol. The summed E-state index contributed by atoms with van der Waals surface area (Å²) < 4.78 is 4.96. The van der Waals surface area contributed by atoms with Crippen LogP contribution >= 0.6 is 0 Å². The summed E-state index contributed by atoms with van der Waals surface area (Å²) >= 11 is 0. The Morgan fingerprint density at radius 2 is 2.33 bits per heavy atom. The number of carbonyl (C=O) groups is 2. The van der Waals surface area contributed by atoms with Crippen molar-refractivity contribution in [3.8, 4) is 0 Å². The number of hydrogen-bond acceptors (Lipinski definition) is 3. The Bertz CT molecular complexity index is 261. The van der Waals surface area contributed by atoms with E-state index in [1.807, 2.05) is 19.1 Å². The number of hydrogen-bond donors (Lipinski definition) is 0. The number of allylic oxidation sites excluding steroid dienone is 1. The zero-order chi connectivity index (χ0) is 11.1. The van der Waals surface area contributed by atoms with E-state index in [9.17, 15) is 9.59 Å². The van der Waals surface area contributed by atoms with Crippen LogP contribution in [0.5, 0.6) is 0 Å². The Hall–Kier alpha value is -1.32. The first-order chi connectivity index (χ1) is 7.25. The number of amides is 2. The quantitative estimate of drug-likeness (QED) is 0.528.